The lowest BCUT2D eigenvalue weighted by Crippen LogP contribution is -1.85. The van der Waals surface area contributed by atoms with Gasteiger partial charge in [0.15, 0.2) is 5.65 Å². The van der Waals surface area contributed by atoms with E-state index in [4.69, 9.17) is 0 Å². The molecule has 0 atom stereocenters. The Bertz CT molecular complexity index is 335. The maximum Gasteiger partial charge on any atom is 0.154 e. The SMILES string of the molecule is CSc1cn2ncccc2n1. The summed E-state index contributed by atoms with van der Waals surface area (Å²) in [4.78, 5) is 4.29. The van der Waals surface area contributed by atoms with Gasteiger partial charge in [0, 0.05) is 6.20 Å². The number of hydrogen-bond donors (Lipinski definition) is 0. The summed E-state index contributed by atoms with van der Waals surface area (Å²) in [6.45, 7) is 0. The van der Waals surface area contributed by atoms with Crippen molar-refractivity contribution in [2.45, 2.75) is 5.03 Å². The smallest absolute Gasteiger partial charge is 0.154 e. The van der Waals surface area contributed by atoms with Gasteiger partial charge in [0.2, 0.25) is 0 Å². The van der Waals surface area contributed by atoms with Gasteiger partial charge < -0.3 is 0 Å². The first kappa shape index (κ1) is 6.67. The third kappa shape index (κ3) is 1.09. The van der Waals surface area contributed by atoms with E-state index in [1.807, 2.05) is 24.6 Å². The highest BCUT2D eigenvalue weighted by atomic mass is 32.2. The van der Waals surface area contributed by atoms with Crippen molar-refractivity contribution in [1.82, 2.24) is 14.6 Å². The molecule has 0 unspecified atom stereocenters. The normalized spacial score (nSPS) is 10.6. The highest BCUT2D eigenvalue weighted by Gasteiger charge is 1.97. The van der Waals surface area contributed by atoms with Crippen molar-refractivity contribution in [2.24, 2.45) is 0 Å². The van der Waals surface area contributed by atoms with Crippen LogP contribution in [0.2, 0.25) is 0 Å². The zero-order valence-electron chi connectivity index (χ0n) is 6.06. The van der Waals surface area contributed by atoms with E-state index in [-0.39, 0.29) is 0 Å². The Morgan fingerprint density at radius 3 is 3.18 bits per heavy atom. The van der Waals surface area contributed by atoms with E-state index >= 15 is 0 Å². The third-order valence-electron chi connectivity index (χ3n) is 1.42. The minimum absolute atomic E-state index is 0.900. The van der Waals surface area contributed by atoms with Crippen LogP contribution < -0.4 is 0 Å². The van der Waals surface area contributed by atoms with Crippen molar-refractivity contribution in [3.8, 4) is 0 Å². The Kier molecular flexibility index (Phi) is 1.54. The molecule has 0 amide bonds. The van der Waals surface area contributed by atoms with Crippen molar-refractivity contribution >= 4 is 17.4 Å². The molecule has 0 N–H and O–H groups in total. The molecular weight excluding hydrogens is 158 g/mol. The van der Waals surface area contributed by atoms with Crippen LogP contribution in [0.15, 0.2) is 29.6 Å². The molecule has 2 rings (SSSR count). The van der Waals surface area contributed by atoms with Crippen LogP contribution in [-0.2, 0) is 0 Å². The highest BCUT2D eigenvalue weighted by Crippen LogP contribution is 2.12. The number of nitrogens with zero attached hydrogens (tertiary/aromatic N) is 3. The number of hydrogen-bond acceptors (Lipinski definition) is 3. The molecule has 0 aliphatic heterocycles. The van der Waals surface area contributed by atoms with E-state index in [0.29, 0.717) is 0 Å². The van der Waals surface area contributed by atoms with Gasteiger partial charge >= 0.3 is 0 Å². The Labute approximate surface area is 68.4 Å². The molecule has 0 aliphatic carbocycles. The Hall–Kier alpha value is -1.03. The minimum Gasteiger partial charge on any atom is -0.221 e. The van der Waals surface area contributed by atoms with Crippen LogP contribution in [0.3, 0.4) is 0 Å². The fourth-order valence-electron chi connectivity index (χ4n) is 0.908. The standard InChI is InChI=1S/C7H7N3S/c1-11-7-5-10-6(9-7)3-2-4-8-10/h2-5H,1H3. The maximum absolute atomic E-state index is 4.29. The van der Waals surface area contributed by atoms with Crippen molar-refractivity contribution in [3.05, 3.63) is 24.5 Å². The molecule has 2 aromatic rings. The molecule has 0 aromatic carbocycles. The van der Waals surface area contributed by atoms with Gasteiger partial charge in [0.1, 0.15) is 5.03 Å². The average Bonchev–Trinajstić information content (AvgIpc) is 2.46. The fraction of sp³-hybridized carbons (Fsp3) is 0.143. The third-order valence-corrected chi connectivity index (χ3v) is 2.04. The lowest BCUT2D eigenvalue weighted by Gasteiger charge is -1.85. The molecule has 11 heavy (non-hydrogen) atoms. The van der Waals surface area contributed by atoms with E-state index in [1.54, 1.807) is 22.5 Å². The van der Waals surface area contributed by atoms with E-state index in [0.717, 1.165) is 10.7 Å². The van der Waals surface area contributed by atoms with Crippen LogP contribution in [0.25, 0.3) is 5.65 Å². The molecular formula is C7H7N3S. The van der Waals surface area contributed by atoms with Gasteiger partial charge in [-0.25, -0.2) is 9.50 Å². The average molecular weight is 165 g/mol. The fourth-order valence-corrected chi connectivity index (χ4v) is 1.30. The van der Waals surface area contributed by atoms with Gasteiger partial charge in [-0.05, 0) is 18.4 Å². The van der Waals surface area contributed by atoms with E-state index in [9.17, 15) is 0 Å². The van der Waals surface area contributed by atoms with Crippen LogP contribution in [0.1, 0.15) is 0 Å². The summed E-state index contributed by atoms with van der Waals surface area (Å²) in [6, 6.07) is 3.82. The summed E-state index contributed by atoms with van der Waals surface area (Å²) < 4.78 is 1.77. The molecule has 0 saturated heterocycles. The highest BCUT2D eigenvalue weighted by molar-refractivity contribution is 7.98. The number of fused-ring (bicyclic) bond motifs is 1. The van der Waals surface area contributed by atoms with E-state index in [2.05, 4.69) is 10.1 Å². The topological polar surface area (TPSA) is 30.2 Å². The zero-order chi connectivity index (χ0) is 7.68. The second-order valence-corrected chi connectivity index (χ2v) is 2.94. The lowest BCUT2D eigenvalue weighted by molar-refractivity contribution is 0.932. The van der Waals surface area contributed by atoms with Crippen LogP contribution in [0.5, 0.6) is 0 Å². The summed E-state index contributed by atoms with van der Waals surface area (Å²) in [7, 11) is 0. The second-order valence-electron chi connectivity index (χ2n) is 2.11. The van der Waals surface area contributed by atoms with Gasteiger partial charge in [0.05, 0.1) is 6.20 Å². The van der Waals surface area contributed by atoms with Gasteiger partial charge in [-0.3, -0.25) is 0 Å². The predicted octanol–water partition coefficient (Wildman–Crippen LogP) is 1.45. The number of rotatable bonds is 1. The van der Waals surface area contributed by atoms with Crippen molar-refractivity contribution in [3.63, 3.8) is 0 Å². The maximum atomic E-state index is 4.29. The monoisotopic (exact) mass is 165 g/mol. The molecule has 3 nitrogen and oxygen atoms in total. The van der Waals surface area contributed by atoms with Crippen LogP contribution in [-0.4, -0.2) is 20.9 Å². The summed E-state index contributed by atoms with van der Waals surface area (Å²) in [5.41, 5.74) is 0.900. The first-order valence-electron chi connectivity index (χ1n) is 3.24. The van der Waals surface area contributed by atoms with Crippen molar-refractivity contribution in [1.29, 1.82) is 0 Å². The molecule has 56 valence electrons. The lowest BCUT2D eigenvalue weighted by atomic mass is 10.6. The van der Waals surface area contributed by atoms with E-state index < -0.39 is 0 Å². The molecule has 0 aliphatic rings. The molecule has 0 bridgehead atoms. The first-order chi connectivity index (χ1) is 5.40. The molecule has 0 radical (unpaired) electrons. The predicted molar refractivity (Wildman–Crippen MR) is 44.8 cm³/mol. The summed E-state index contributed by atoms with van der Waals surface area (Å²) in [6.07, 6.45) is 5.67. The van der Waals surface area contributed by atoms with Crippen LogP contribution >= 0.6 is 11.8 Å². The summed E-state index contributed by atoms with van der Waals surface area (Å²) in [5, 5.41) is 5.09. The van der Waals surface area contributed by atoms with Crippen molar-refractivity contribution in [2.75, 3.05) is 6.26 Å². The summed E-state index contributed by atoms with van der Waals surface area (Å²) >= 11 is 1.62. The second kappa shape index (κ2) is 2.54. The number of aromatic nitrogens is 3. The number of thioether (sulfide) groups is 1. The van der Waals surface area contributed by atoms with Gasteiger partial charge in [-0.15, -0.1) is 11.8 Å². The molecule has 0 spiro atoms. The number of imidazole rings is 1. The minimum atomic E-state index is 0.900. The van der Waals surface area contributed by atoms with Crippen molar-refractivity contribution < 1.29 is 0 Å². The molecule has 0 saturated carbocycles. The van der Waals surface area contributed by atoms with Gasteiger partial charge in [0.25, 0.3) is 0 Å². The quantitative estimate of drug-likeness (QED) is 0.599. The molecule has 0 fully saturated rings. The van der Waals surface area contributed by atoms with Crippen LogP contribution in [0, 0.1) is 0 Å². The Balaban J connectivity index is 2.69. The largest absolute Gasteiger partial charge is 0.221 e. The molecule has 4 heteroatoms. The molecule has 2 heterocycles. The van der Waals surface area contributed by atoms with Gasteiger partial charge in [-0.1, -0.05) is 0 Å². The summed E-state index contributed by atoms with van der Waals surface area (Å²) in [5.74, 6) is 0. The Morgan fingerprint density at radius 1 is 1.55 bits per heavy atom. The Morgan fingerprint density at radius 2 is 2.45 bits per heavy atom. The van der Waals surface area contributed by atoms with Crippen LogP contribution in [0.4, 0.5) is 0 Å². The van der Waals surface area contributed by atoms with Gasteiger partial charge in [-0.2, -0.15) is 5.10 Å². The zero-order valence-corrected chi connectivity index (χ0v) is 6.88. The molecule has 2 aromatic heterocycles. The first-order valence-corrected chi connectivity index (χ1v) is 4.47. The van der Waals surface area contributed by atoms with E-state index in [1.165, 1.54) is 0 Å².